The van der Waals surface area contributed by atoms with Gasteiger partial charge in [0.1, 0.15) is 6.04 Å². The molecular weight excluding hydrogens is 270 g/mol. The predicted molar refractivity (Wildman–Crippen MR) is 65.6 cm³/mol. The maximum Gasteiger partial charge on any atom is 0.323 e. The van der Waals surface area contributed by atoms with E-state index in [9.17, 15) is 4.79 Å². The minimum Gasteiger partial charge on any atom is -0.468 e. The molecule has 16 heavy (non-hydrogen) atoms. The van der Waals surface area contributed by atoms with Crippen molar-refractivity contribution < 1.29 is 9.53 Å². The molecule has 1 aromatic carbocycles. The lowest BCUT2D eigenvalue weighted by molar-refractivity contribution is -0.142. The summed E-state index contributed by atoms with van der Waals surface area (Å²) in [5, 5.41) is 0. The Balaban J connectivity index is 2.55. The molecule has 0 amide bonds. The first-order valence-electron chi connectivity index (χ1n) is 4.71. The Labute approximate surface area is 103 Å². The van der Waals surface area contributed by atoms with Crippen LogP contribution in [0.3, 0.4) is 0 Å². The smallest absolute Gasteiger partial charge is 0.323 e. The summed E-state index contributed by atoms with van der Waals surface area (Å²) < 4.78 is 5.50. The fourth-order valence-electron chi connectivity index (χ4n) is 1.03. The Morgan fingerprint density at radius 1 is 1.50 bits per heavy atom. The zero-order valence-electron chi connectivity index (χ0n) is 8.87. The molecule has 3 nitrogen and oxygen atoms in total. The van der Waals surface area contributed by atoms with E-state index >= 15 is 0 Å². The van der Waals surface area contributed by atoms with E-state index in [4.69, 9.17) is 5.73 Å². The second-order valence-corrected chi connectivity index (χ2v) is 4.06. The standard InChI is InChI=1S/C12H12BrNO2/c1-16-12(15)11(14)4-2-3-9-5-7-10(13)8-6-9/h5-8,11H,4,14H2,1H3/t11-/m0/s1. The summed E-state index contributed by atoms with van der Waals surface area (Å²) in [5.74, 6) is 5.33. The molecule has 0 saturated carbocycles. The number of carbonyl (C=O) groups is 1. The minimum absolute atomic E-state index is 0.294. The lowest BCUT2D eigenvalue weighted by Crippen LogP contribution is -2.30. The van der Waals surface area contributed by atoms with Gasteiger partial charge in [0, 0.05) is 16.5 Å². The molecule has 0 radical (unpaired) electrons. The highest BCUT2D eigenvalue weighted by Gasteiger charge is 2.10. The molecule has 0 spiro atoms. The molecule has 84 valence electrons. The van der Waals surface area contributed by atoms with Gasteiger partial charge in [-0.1, -0.05) is 27.8 Å². The van der Waals surface area contributed by atoms with Crippen molar-refractivity contribution in [2.24, 2.45) is 5.73 Å². The maximum atomic E-state index is 11.0. The Morgan fingerprint density at radius 2 is 2.12 bits per heavy atom. The number of rotatable bonds is 2. The first kappa shape index (κ1) is 12.8. The van der Waals surface area contributed by atoms with Crippen LogP contribution in [0, 0.1) is 11.8 Å². The highest BCUT2D eigenvalue weighted by Crippen LogP contribution is 2.09. The minimum atomic E-state index is -0.673. The predicted octanol–water partition coefficient (Wildman–Crippen LogP) is 1.69. The third kappa shape index (κ3) is 4.05. The normalized spacial score (nSPS) is 11.2. The van der Waals surface area contributed by atoms with Crippen molar-refractivity contribution in [3.05, 3.63) is 34.3 Å². The second kappa shape index (κ2) is 6.31. The Kier molecular flexibility index (Phi) is 5.03. The van der Waals surface area contributed by atoms with Crippen molar-refractivity contribution in [1.29, 1.82) is 0 Å². The van der Waals surface area contributed by atoms with E-state index < -0.39 is 12.0 Å². The summed E-state index contributed by atoms with van der Waals surface area (Å²) in [6, 6.07) is 6.92. The van der Waals surface area contributed by atoms with Gasteiger partial charge in [-0.15, -0.1) is 0 Å². The van der Waals surface area contributed by atoms with Crippen LogP contribution in [0.4, 0.5) is 0 Å². The SMILES string of the molecule is COC(=O)[C@@H](N)CC#Cc1ccc(Br)cc1. The number of halogens is 1. The zero-order chi connectivity index (χ0) is 12.0. The van der Waals surface area contributed by atoms with Crippen molar-refractivity contribution in [2.75, 3.05) is 7.11 Å². The lowest BCUT2D eigenvalue weighted by Gasteiger charge is -2.03. The molecule has 0 aliphatic carbocycles. The van der Waals surface area contributed by atoms with Crippen molar-refractivity contribution in [2.45, 2.75) is 12.5 Å². The van der Waals surface area contributed by atoms with Crippen LogP contribution in [0.2, 0.25) is 0 Å². The highest BCUT2D eigenvalue weighted by molar-refractivity contribution is 9.10. The van der Waals surface area contributed by atoms with Gasteiger partial charge in [-0.3, -0.25) is 4.79 Å². The van der Waals surface area contributed by atoms with Crippen LogP contribution in [0.5, 0.6) is 0 Å². The molecular formula is C12H12BrNO2. The maximum absolute atomic E-state index is 11.0. The Bertz CT molecular complexity index is 417. The molecule has 0 aliphatic rings. The molecule has 0 unspecified atom stereocenters. The molecule has 1 atom stereocenters. The van der Waals surface area contributed by atoms with Gasteiger partial charge in [0.05, 0.1) is 7.11 Å². The largest absolute Gasteiger partial charge is 0.468 e. The van der Waals surface area contributed by atoms with Gasteiger partial charge in [0.2, 0.25) is 0 Å². The molecule has 0 fully saturated rings. The second-order valence-electron chi connectivity index (χ2n) is 3.14. The van der Waals surface area contributed by atoms with Crippen molar-refractivity contribution in [3.8, 4) is 11.8 Å². The highest BCUT2D eigenvalue weighted by atomic mass is 79.9. The van der Waals surface area contributed by atoms with Crippen LogP contribution >= 0.6 is 15.9 Å². The number of esters is 1. The molecule has 0 saturated heterocycles. The van der Waals surface area contributed by atoms with Crippen LogP contribution in [-0.2, 0) is 9.53 Å². The molecule has 2 N–H and O–H groups in total. The van der Waals surface area contributed by atoms with Gasteiger partial charge >= 0.3 is 5.97 Å². The molecule has 0 heterocycles. The summed E-state index contributed by atoms with van der Waals surface area (Å²) in [4.78, 5) is 11.0. The van der Waals surface area contributed by atoms with E-state index in [0.717, 1.165) is 10.0 Å². The Hall–Kier alpha value is -1.31. The van der Waals surface area contributed by atoms with Crippen LogP contribution < -0.4 is 5.73 Å². The number of carbonyl (C=O) groups excluding carboxylic acids is 1. The van der Waals surface area contributed by atoms with E-state index in [1.165, 1.54) is 7.11 Å². The first-order chi connectivity index (χ1) is 7.63. The quantitative estimate of drug-likeness (QED) is 0.663. The van der Waals surface area contributed by atoms with Gasteiger partial charge < -0.3 is 10.5 Å². The number of ether oxygens (including phenoxy) is 1. The van der Waals surface area contributed by atoms with Gasteiger partial charge in [-0.25, -0.2) is 0 Å². The number of hydrogen-bond donors (Lipinski definition) is 1. The van der Waals surface area contributed by atoms with E-state index in [1.807, 2.05) is 24.3 Å². The molecule has 1 aromatic rings. The van der Waals surface area contributed by atoms with Gasteiger partial charge in [0.25, 0.3) is 0 Å². The van der Waals surface area contributed by atoms with Crippen LogP contribution in [0.15, 0.2) is 28.7 Å². The van der Waals surface area contributed by atoms with Crippen LogP contribution in [0.25, 0.3) is 0 Å². The fraction of sp³-hybridized carbons (Fsp3) is 0.250. The lowest BCUT2D eigenvalue weighted by atomic mass is 10.2. The topological polar surface area (TPSA) is 52.3 Å². The number of nitrogens with two attached hydrogens (primary N) is 1. The molecule has 0 bridgehead atoms. The van der Waals surface area contributed by atoms with E-state index in [0.29, 0.717) is 6.42 Å². The van der Waals surface area contributed by atoms with E-state index in [2.05, 4.69) is 32.5 Å². The molecule has 4 heteroatoms. The van der Waals surface area contributed by atoms with Gasteiger partial charge in [-0.05, 0) is 24.3 Å². The van der Waals surface area contributed by atoms with E-state index in [-0.39, 0.29) is 0 Å². The van der Waals surface area contributed by atoms with Crippen LogP contribution in [-0.4, -0.2) is 19.1 Å². The van der Waals surface area contributed by atoms with Crippen molar-refractivity contribution in [3.63, 3.8) is 0 Å². The molecule has 0 aliphatic heterocycles. The monoisotopic (exact) mass is 281 g/mol. The first-order valence-corrected chi connectivity index (χ1v) is 5.50. The van der Waals surface area contributed by atoms with Gasteiger partial charge in [0.15, 0.2) is 0 Å². The third-order valence-corrected chi connectivity index (χ3v) is 2.43. The van der Waals surface area contributed by atoms with Gasteiger partial charge in [-0.2, -0.15) is 0 Å². The summed E-state index contributed by atoms with van der Waals surface area (Å²) in [7, 11) is 1.31. The average molecular weight is 282 g/mol. The number of hydrogen-bond acceptors (Lipinski definition) is 3. The third-order valence-electron chi connectivity index (χ3n) is 1.90. The summed E-state index contributed by atoms with van der Waals surface area (Å²) in [6.07, 6.45) is 0.294. The molecule has 0 aromatic heterocycles. The van der Waals surface area contributed by atoms with Crippen molar-refractivity contribution in [1.82, 2.24) is 0 Å². The van der Waals surface area contributed by atoms with E-state index in [1.54, 1.807) is 0 Å². The number of benzene rings is 1. The summed E-state index contributed by atoms with van der Waals surface area (Å²) in [5.41, 5.74) is 6.42. The van der Waals surface area contributed by atoms with Crippen molar-refractivity contribution >= 4 is 21.9 Å². The fourth-order valence-corrected chi connectivity index (χ4v) is 1.30. The average Bonchev–Trinajstić information content (AvgIpc) is 2.30. The summed E-state index contributed by atoms with van der Waals surface area (Å²) in [6.45, 7) is 0. The summed E-state index contributed by atoms with van der Waals surface area (Å²) >= 11 is 3.34. The Morgan fingerprint density at radius 3 is 2.69 bits per heavy atom. The van der Waals surface area contributed by atoms with Crippen LogP contribution in [0.1, 0.15) is 12.0 Å². The zero-order valence-corrected chi connectivity index (χ0v) is 10.5. The number of methoxy groups -OCH3 is 1. The molecule has 1 rings (SSSR count).